The number of hydrogen-bond donors (Lipinski definition) is 0. The number of nitrogens with zero attached hydrogens (tertiary/aromatic N) is 3. The summed E-state index contributed by atoms with van der Waals surface area (Å²) in [5.41, 5.74) is 3.52. The Balaban J connectivity index is 1.59. The van der Waals surface area contributed by atoms with Gasteiger partial charge in [-0.2, -0.15) is 0 Å². The number of imide groups is 1. The first-order valence-corrected chi connectivity index (χ1v) is 11.5. The average molecular weight is 478 g/mol. The van der Waals surface area contributed by atoms with Gasteiger partial charge in [0.2, 0.25) is 5.91 Å². The third-order valence-corrected chi connectivity index (χ3v) is 7.19. The molecule has 3 heterocycles. The molecule has 9 heteroatoms. The second-order valence-corrected chi connectivity index (χ2v) is 9.42. The standard InChI is InChI=1S/C22H21Cl2N3O3S/c1-13-9-15(14(2)27(13)16-5-6-17(23)18(24)11-16)10-19-21(29)26(22(30)31-19)12-20(28)25-7-3-4-8-25/h5-6,9-11H,3-4,7-8,12H2,1-2H3/b19-10-. The van der Waals surface area contributed by atoms with Crippen LogP contribution in [0.15, 0.2) is 29.2 Å². The third-order valence-electron chi connectivity index (χ3n) is 5.54. The molecule has 0 radical (unpaired) electrons. The monoisotopic (exact) mass is 477 g/mol. The summed E-state index contributed by atoms with van der Waals surface area (Å²) in [7, 11) is 0. The number of hydrogen-bond acceptors (Lipinski definition) is 4. The molecule has 0 unspecified atom stereocenters. The van der Waals surface area contributed by atoms with E-state index < -0.39 is 11.1 Å². The van der Waals surface area contributed by atoms with Gasteiger partial charge in [0.1, 0.15) is 6.54 Å². The number of aromatic nitrogens is 1. The SMILES string of the molecule is Cc1cc(/C=C2\SC(=O)N(CC(=O)N3CCCC3)C2=O)c(C)n1-c1ccc(Cl)c(Cl)c1. The minimum absolute atomic E-state index is 0.182. The molecule has 2 aliphatic rings. The topological polar surface area (TPSA) is 62.6 Å². The molecule has 6 nitrogen and oxygen atoms in total. The van der Waals surface area contributed by atoms with Crippen LogP contribution in [0.5, 0.6) is 0 Å². The zero-order valence-electron chi connectivity index (χ0n) is 17.2. The van der Waals surface area contributed by atoms with Gasteiger partial charge in [0.15, 0.2) is 0 Å². The van der Waals surface area contributed by atoms with Gasteiger partial charge in [0.05, 0.1) is 15.0 Å². The fourth-order valence-corrected chi connectivity index (χ4v) is 5.06. The van der Waals surface area contributed by atoms with Crippen LogP contribution < -0.4 is 0 Å². The van der Waals surface area contributed by atoms with Crippen molar-refractivity contribution in [3.05, 3.63) is 56.2 Å². The van der Waals surface area contributed by atoms with Crippen molar-refractivity contribution < 1.29 is 14.4 Å². The molecule has 2 aromatic rings. The highest BCUT2D eigenvalue weighted by atomic mass is 35.5. The quantitative estimate of drug-likeness (QED) is 0.577. The lowest BCUT2D eigenvalue weighted by molar-refractivity contribution is -0.135. The Morgan fingerprint density at radius 2 is 1.81 bits per heavy atom. The van der Waals surface area contributed by atoms with Crippen LogP contribution in [0.4, 0.5) is 4.79 Å². The Morgan fingerprint density at radius 1 is 1.10 bits per heavy atom. The van der Waals surface area contributed by atoms with Gasteiger partial charge in [-0.3, -0.25) is 19.3 Å². The second kappa shape index (κ2) is 8.73. The number of likely N-dealkylation sites (tertiary alicyclic amines) is 1. The summed E-state index contributed by atoms with van der Waals surface area (Å²) >= 11 is 13.1. The maximum atomic E-state index is 12.8. The summed E-state index contributed by atoms with van der Waals surface area (Å²) in [4.78, 5) is 40.7. The minimum atomic E-state index is -0.429. The lowest BCUT2D eigenvalue weighted by atomic mass is 10.2. The number of carbonyl (C=O) groups is 3. The van der Waals surface area contributed by atoms with Gasteiger partial charge in [-0.15, -0.1) is 0 Å². The molecule has 2 saturated heterocycles. The number of halogens is 2. The number of rotatable bonds is 4. The van der Waals surface area contributed by atoms with Gasteiger partial charge in [-0.1, -0.05) is 23.2 Å². The van der Waals surface area contributed by atoms with Crippen LogP contribution in [0.2, 0.25) is 10.0 Å². The lowest BCUT2D eigenvalue weighted by Gasteiger charge is -2.18. The Bertz CT molecular complexity index is 1120. The largest absolute Gasteiger partial charge is 0.341 e. The van der Waals surface area contributed by atoms with E-state index in [2.05, 4.69) is 0 Å². The first-order valence-electron chi connectivity index (χ1n) is 9.94. The molecule has 0 spiro atoms. The fourth-order valence-electron chi connectivity index (χ4n) is 3.93. The van der Waals surface area contributed by atoms with Crippen molar-refractivity contribution in [1.82, 2.24) is 14.4 Å². The predicted molar refractivity (Wildman–Crippen MR) is 124 cm³/mol. The summed E-state index contributed by atoms with van der Waals surface area (Å²) in [6.45, 7) is 5.05. The van der Waals surface area contributed by atoms with Crippen LogP contribution in [0, 0.1) is 13.8 Å². The lowest BCUT2D eigenvalue weighted by Crippen LogP contribution is -2.40. The summed E-state index contributed by atoms with van der Waals surface area (Å²) in [5, 5.41) is 0.518. The molecule has 1 aromatic carbocycles. The van der Waals surface area contributed by atoms with E-state index in [4.69, 9.17) is 23.2 Å². The van der Waals surface area contributed by atoms with Crippen molar-refractivity contribution in [2.75, 3.05) is 19.6 Å². The van der Waals surface area contributed by atoms with E-state index in [0.29, 0.717) is 28.0 Å². The highest BCUT2D eigenvalue weighted by Crippen LogP contribution is 2.34. The molecule has 1 aromatic heterocycles. The molecule has 0 aliphatic carbocycles. The normalized spacial score (nSPS) is 18.0. The van der Waals surface area contributed by atoms with Crippen LogP contribution in [0.25, 0.3) is 11.8 Å². The highest BCUT2D eigenvalue weighted by Gasteiger charge is 2.37. The van der Waals surface area contributed by atoms with E-state index in [0.717, 1.165) is 52.1 Å². The number of amides is 3. The zero-order valence-corrected chi connectivity index (χ0v) is 19.5. The van der Waals surface area contributed by atoms with Crippen LogP contribution >= 0.6 is 35.0 Å². The molecule has 2 fully saturated rings. The Morgan fingerprint density at radius 3 is 2.48 bits per heavy atom. The van der Waals surface area contributed by atoms with Crippen molar-refractivity contribution in [3.63, 3.8) is 0 Å². The van der Waals surface area contributed by atoms with Crippen LogP contribution in [-0.4, -0.2) is 51.1 Å². The molecule has 162 valence electrons. The first-order chi connectivity index (χ1) is 14.8. The number of thioether (sulfide) groups is 1. The van der Waals surface area contributed by atoms with Crippen molar-refractivity contribution in [3.8, 4) is 5.69 Å². The predicted octanol–water partition coefficient (Wildman–Crippen LogP) is 5.06. The van der Waals surface area contributed by atoms with Gasteiger partial charge in [-0.25, -0.2) is 0 Å². The van der Waals surface area contributed by atoms with E-state index in [1.807, 2.05) is 30.5 Å². The molecular formula is C22H21Cl2N3O3S. The summed E-state index contributed by atoms with van der Waals surface area (Å²) in [6, 6.07) is 7.34. The third kappa shape index (κ3) is 4.27. The molecule has 0 N–H and O–H groups in total. The Hall–Kier alpha value is -2.22. The number of carbonyl (C=O) groups excluding carboxylic acids is 3. The molecule has 2 aliphatic heterocycles. The van der Waals surface area contributed by atoms with E-state index in [9.17, 15) is 14.4 Å². The van der Waals surface area contributed by atoms with Crippen LogP contribution in [-0.2, 0) is 9.59 Å². The van der Waals surface area contributed by atoms with Crippen LogP contribution in [0.3, 0.4) is 0 Å². The molecule has 4 rings (SSSR count). The van der Waals surface area contributed by atoms with Gasteiger partial charge in [0, 0.05) is 30.2 Å². The van der Waals surface area contributed by atoms with E-state index in [-0.39, 0.29) is 12.5 Å². The smallest absolute Gasteiger partial charge is 0.294 e. The van der Waals surface area contributed by atoms with Gasteiger partial charge >= 0.3 is 0 Å². The maximum Gasteiger partial charge on any atom is 0.294 e. The molecule has 0 saturated carbocycles. The highest BCUT2D eigenvalue weighted by molar-refractivity contribution is 8.18. The second-order valence-electron chi connectivity index (χ2n) is 7.62. The van der Waals surface area contributed by atoms with Gasteiger partial charge in [-0.05, 0) is 74.4 Å². The average Bonchev–Trinajstić information content (AvgIpc) is 3.41. The Kier molecular flexibility index (Phi) is 6.19. The van der Waals surface area contributed by atoms with Crippen molar-refractivity contribution >= 4 is 58.1 Å². The van der Waals surface area contributed by atoms with Crippen molar-refractivity contribution in [1.29, 1.82) is 0 Å². The summed E-state index contributed by atoms with van der Waals surface area (Å²) in [6.07, 6.45) is 3.63. The Labute approximate surface area is 194 Å². The van der Waals surface area contributed by atoms with Crippen LogP contribution in [0.1, 0.15) is 29.8 Å². The van der Waals surface area contributed by atoms with E-state index >= 15 is 0 Å². The van der Waals surface area contributed by atoms with Gasteiger partial charge < -0.3 is 9.47 Å². The maximum absolute atomic E-state index is 12.8. The molecule has 0 bridgehead atoms. The molecule has 3 amide bonds. The zero-order chi connectivity index (χ0) is 22.3. The molecular weight excluding hydrogens is 457 g/mol. The molecule has 31 heavy (non-hydrogen) atoms. The van der Waals surface area contributed by atoms with E-state index in [1.165, 1.54) is 0 Å². The number of benzene rings is 1. The summed E-state index contributed by atoms with van der Waals surface area (Å²) < 4.78 is 2.01. The molecule has 0 atom stereocenters. The summed E-state index contributed by atoms with van der Waals surface area (Å²) in [5.74, 6) is -0.610. The minimum Gasteiger partial charge on any atom is -0.341 e. The fraction of sp³-hybridized carbons (Fsp3) is 0.318. The number of aryl methyl sites for hydroxylation is 1. The van der Waals surface area contributed by atoms with E-state index in [1.54, 1.807) is 23.1 Å². The van der Waals surface area contributed by atoms with Crippen molar-refractivity contribution in [2.45, 2.75) is 26.7 Å². The van der Waals surface area contributed by atoms with Gasteiger partial charge in [0.25, 0.3) is 11.1 Å². The van der Waals surface area contributed by atoms with Crippen molar-refractivity contribution in [2.24, 2.45) is 0 Å². The first kappa shape index (κ1) is 22.0.